The number of nitrogens with zero attached hydrogens (tertiary/aromatic N) is 1. The molecule has 0 bridgehead atoms. The van der Waals surface area contributed by atoms with Crippen molar-refractivity contribution in [2.75, 3.05) is 24.8 Å². The molecule has 6 heteroatoms. The smallest absolute Gasteiger partial charge is 0.362 e. The molecule has 0 saturated carbocycles. The van der Waals surface area contributed by atoms with Crippen LogP contribution in [0.4, 0.5) is 0 Å². The van der Waals surface area contributed by atoms with Crippen LogP contribution in [0, 0.1) is 5.21 Å². The first-order valence-corrected chi connectivity index (χ1v) is 4.97. The number of hydrogen-bond acceptors (Lipinski definition) is 2. The van der Waals surface area contributed by atoms with E-state index in [1.54, 1.807) is 0 Å². The minimum absolute atomic E-state index is 0.0712. The Kier molecular flexibility index (Phi) is 5.64. The number of hydroxylamine groups is 3. The van der Waals surface area contributed by atoms with Crippen LogP contribution < -0.4 is 0 Å². The lowest BCUT2D eigenvalue weighted by Crippen LogP contribution is -2.55. The highest BCUT2D eigenvalue weighted by molar-refractivity contribution is 6.18. The van der Waals surface area contributed by atoms with Gasteiger partial charge >= 0.3 is 5.97 Å². The molecule has 0 aliphatic rings. The standard InChI is InChI=1S/C7H13Cl2NO3/c1-6(7(11)12)10(13,4-2-8)5-3-9/h6H,2-5H2,1H3,(H,11,12). The molecule has 1 atom stereocenters. The molecule has 4 nitrogen and oxygen atoms in total. The molecule has 13 heavy (non-hydrogen) atoms. The van der Waals surface area contributed by atoms with Crippen molar-refractivity contribution < 1.29 is 14.5 Å². The molecule has 78 valence electrons. The Morgan fingerprint density at radius 2 is 1.85 bits per heavy atom. The van der Waals surface area contributed by atoms with Gasteiger partial charge < -0.3 is 15.0 Å². The average molecular weight is 230 g/mol. The number of halogens is 2. The zero-order valence-electron chi connectivity index (χ0n) is 7.37. The normalized spacial score (nSPS) is 14.2. The summed E-state index contributed by atoms with van der Waals surface area (Å²) in [7, 11) is 0. The molecule has 0 heterocycles. The average Bonchev–Trinajstić information content (AvgIpc) is 2.03. The van der Waals surface area contributed by atoms with Crippen molar-refractivity contribution in [3.63, 3.8) is 0 Å². The van der Waals surface area contributed by atoms with Crippen molar-refractivity contribution in [3.05, 3.63) is 5.21 Å². The van der Waals surface area contributed by atoms with Crippen molar-refractivity contribution in [1.29, 1.82) is 0 Å². The van der Waals surface area contributed by atoms with Gasteiger partial charge in [0, 0.05) is 0 Å². The van der Waals surface area contributed by atoms with Gasteiger partial charge in [0.2, 0.25) is 0 Å². The summed E-state index contributed by atoms with van der Waals surface area (Å²) in [6.07, 6.45) is 0. The zero-order valence-corrected chi connectivity index (χ0v) is 8.88. The monoisotopic (exact) mass is 229 g/mol. The summed E-state index contributed by atoms with van der Waals surface area (Å²) in [4.78, 5) is 10.6. The van der Waals surface area contributed by atoms with E-state index in [2.05, 4.69) is 0 Å². The predicted octanol–water partition coefficient (Wildman–Crippen LogP) is 1.25. The Morgan fingerprint density at radius 1 is 1.46 bits per heavy atom. The van der Waals surface area contributed by atoms with Crippen molar-refractivity contribution in [2.45, 2.75) is 13.0 Å². The quantitative estimate of drug-likeness (QED) is 0.424. The third-order valence-corrected chi connectivity index (χ3v) is 2.33. The van der Waals surface area contributed by atoms with Crippen LogP contribution in [0.1, 0.15) is 6.92 Å². The Morgan fingerprint density at radius 3 is 2.08 bits per heavy atom. The van der Waals surface area contributed by atoms with Gasteiger partial charge in [-0.1, -0.05) is 0 Å². The van der Waals surface area contributed by atoms with E-state index in [1.165, 1.54) is 6.92 Å². The summed E-state index contributed by atoms with van der Waals surface area (Å²) in [5.74, 6) is -0.846. The van der Waals surface area contributed by atoms with Crippen LogP contribution in [0.2, 0.25) is 0 Å². The number of rotatable bonds is 6. The first kappa shape index (κ1) is 13.0. The minimum atomic E-state index is -1.12. The topological polar surface area (TPSA) is 60.4 Å². The molecule has 0 aliphatic carbocycles. The highest BCUT2D eigenvalue weighted by Gasteiger charge is 2.29. The fourth-order valence-corrected chi connectivity index (χ4v) is 1.56. The van der Waals surface area contributed by atoms with Crippen molar-refractivity contribution in [3.8, 4) is 0 Å². The first-order valence-electron chi connectivity index (χ1n) is 3.90. The molecule has 0 radical (unpaired) electrons. The van der Waals surface area contributed by atoms with E-state index in [4.69, 9.17) is 28.3 Å². The maximum atomic E-state index is 11.8. The van der Waals surface area contributed by atoms with E-state index >= 15 is 0 Å². The number of carboxylic acid groups (broad SMARTS) is 1. The van der Waals surface area contributed by atoms with Gasteiger partial charge in [0.05, 0.1) is 24.8 Å². The Bertz CT molecular complexity index is 171. The lowest BCUT2D eigenvalue weighted by Gasteiger charge is -2.44. The van der Waals surface area contributed by atoms with E-state index in [9.17, 15) is 10.0 Å². The molecule has 0 aromatic rings. The van der Waals surface area contributed by atoms with Crippen LogP contribution in [0.3, 0.4) is 0 Å². The van der Waals surface area contributed by atoms with Gasteiger partial charge in [-0.3, -0.25) is 0 Å². The summed E-state index contributed by atoms with van der Waals surface area (Å²) in [5.41, 5.74) is 0. The highest BCUT2D eigenvalue weighted by atomic mass is 35.5. The number of carboxylic acids is 1. The zero-order chi connectivity index (χ0) is 10.5. The molecule has 0 amide bonds. The van der Waals surface area contributed by atoms with Gasteiger partial charge in [0.25, 0.3) is 0 Å². The van der Waals surface area contributed by atoms with E-state index in [0.29, 0.717) is 0 Å². The fourth-order valence-electron chi connectivity index (χ4n) is 0.986. The van der Waals surface area contributed by atoms with Crippen LogP contribution in [0.5, 0.6) is 0 Å². The van der Waals surface area contributed by atoms with Crippen LogP contribution in [0.25, 0.3) is 0 Å². The van der Waals surface area contributed by atoms with Crippen LogP contribution in [-0.4, -0.2) is 46.6 Å². The van der Waals surface area contributed by atoms with Crippen LogP contribution in [-0.2, 0) is 4.79 Å². The third-order valence-electron chi connectivity index (χ3n) is 1.99. The van der Waals surface area contributed by atoms with E-state index in [-0.39, 0.29) is 24.8 Å². The number of quaternary nitrogens is 1. The second-order valence-electron chi connectivity index (χ2n) is 2.79. The Balaban J connectivity index is 4.45. The number of carbonyl (C=O) groups is 1. The molecular weight excluding hydrogens is 217 g/mol. The van der Waals surface area contributed by atoms with Crippen LogP contribution >= 0.6 is 23.2 Å². The number of hydrogen-bond donors (Lipinski definition) is 1. The summed E-state index contributed by atoms with van der Waals surface area (Å²) < 4.78 is -0.859. The summed E-state index contributed by atoms with van der Waals surface area (Å²) in [5, 5.41) is 20.5. The Labute approximate surface area is 87.2 Å². The summed E-state index contributed by atoms with van der Waals surface area (Å²) in [6, 6.07) is -1.02. The molecule has 0 saturated heterocycles. The highest BCUT2D eigenvalue weighted by Crippen LogP contribution is 2.12. The summed E-state index contributed by atoms with van der Waals surface area (Å²) >= 11 is 10.8. The van der Waals surface area contributed by atoms with Crippen LogP contribution in [0.15, 0.2) is 0 Å². The first-order chi connectivity index (χ1) is 5.98. The van der Waals surface area contributed by atoms with Crippen molar-refractivity contribution >= 4 is 29.2 Å². The molecule has 0 fully saturated rings. The maximum absolute atomic E-state index is 11.8. The molecular formula is C7H13Cl2NO3. The van der Waals surface area contributed by atoms with E-state index in [1.807, 2.05) is 0 Å². The van der Waals surface area contributed by atoms with Gasteiger partial charge in [-0.05, 0) is 6.92 Å². The van der Waals surface area contributed by atoms with Gasteiger partial charge in [-0.2, -0.15) is 0 Å². The lowest BCUT2D eigenvalue weighted by molar-refractivity contribution is -0.890. The Hall–Kier alpha value is -0.0300. The largest absolute Gasteiger partial charge is 0.632 e. The predicted molar refractivity (Wildman–Crippen MR) is 51.9 cm³/mol. The third kappa shape index (κ3) is 3.68. The fraction of sp³-hybridized carbons (Fsp3) is 0.857. The van der Waals surface area contributed by atoms with Crippen molar-refractivity contribution in [2.24, 2.45) is 0 Å². The summed E-state index contributed by atoms with van der Waals surface area (Å²) in [6.45, 7) is 1.51. The number of alkyl halides is 2. The molecule has 0 aliphatic heterocycles. The molecule has 0 aromatic heterocycles. The molecule has 0 spiro atoms. The van der Waals surface area contributed by atoms with E-state index < -0.39 is 16.7 Å². The van der Waals surface area contributed by atoms with E-state index in [0.717, 1.165) is 0 Å². The molecule has 1 unspecified atom stereocenters. The second-order valence-corrected chi connectivity index (χ2v) is 3.55. The van der Waals surface area contributed by atoms with Gasteiger partial charge in [0.15, 0.2) is 6.04 Å². The molecule has 1 N–H and O–H groups in total. The molecule has 0 aromatic carbocycles. The molecule has 0 rings (SSSR count). The van der Waals surface area contributed by atoms with Crippen molar-refractivity contribution in [1.82, 2.24) is 0 Å². The SMILES string of the molecule is CC(C(=O)O)[N+]([O-])(CCCl)CCCl. The second kappa shape index (κ2) is 5.65. The maximum Gasteiger partial charge on any atom is 0.362 e. The van der Waals surface area contributed by atoms with Gasteiger partial charge in [-0.15, -0.1) is 23.2 Å². The van der Waals surface area contributed by atoms with Gasteiger partial charge in [-0.25, -0.2) is 4.79 Å². The number of aliphatic carboxylic acids is 1. The minimum Gasteiger partial charge on any atom is -0.632 e. The van der Waals surface area contributed by atoms with Gasteiger partial charge in [0.1, 0.15) is 0 Å². The lowest BCUT2D eigenvalue weighted by atomic mass is 10.2.